The Balaban J connectivity index is 2.35. The molecule has 0 saturated heterocycles. The SMILES string of the molecule is Nc1nc(N)c(N)c(Cc2ccccc2)n1. The van der Waals surface area contributed by atoms with Crippen LogP contribution < -0.4 is 17.2 Å². The highest BCUT2D eigenvalue weighted by atomic mass is 15.1. The first-order chi connectivity index (χ1) is 7.66. The molecule has 0 saturated carbocycles. The van der Waals surface area contributed by atoms with Gasteiger partial charge >= 0.3 is 0 Å². The molecule has 0 aliphatic carbocycles. The molecule has 5 heteroatoms. The normalized spacial score (nSPS) is 10.2. The molecule has 1 aromatic heterocycles. The van der Waals surface area contributed by atoms with Crippen molar-refractivity contribution in [1.82, 2.24) is 9.97 Å². The smallest absolute Gasteiger partial charge is 0.222 e. The maximum absolute atomic E-state index is 5.79. The van der Waals surface area contributed by atoms with Crippen LogP contribution in [0.25, 0.3) is 0 Å². The van der Waals surface area contributed by atoms with Crippen LogP contribution in [0.3, 0.4) is 0 Å². The van der Waals surface area contributed by atoms with Crippen LogP contribution in [0.1, 0.15) is 11.3 Å². The fourth-order valence-electron chi connectivity index (χ4n) is 1.48. The van der Waals surface area contributed by atoms with E-state index >= 15 is 0 Å². The number of nitrogen functional groups attached to an aromatic ring is 3. The van der Waals surface area contributed by atoms with Crippen LogP contribution in [0, 0.1) is 0 Å². The van der Waals surface area contributed by atoms with Crippen molar-refractivity contribution < 1.29 is 0 Å². The zero-order valence-corrected chi connectivity index (χ0v) is 8.72. The molecule has 1 heterocycles. The zero-order chi connectivity index (χ0) is 11.5. The van der Waals surface area contributed by atoms with Gasteiger partial charge in [0, 0.05) is 6.42 Å². The third-order valence-corrected chi connectivity index (χ3v) is 2.29. The van der Waals surface area contributed by atoms with Gasteiger partial charge < -0.3 is 17.2 Å². The van der Waals surface area contributed by atoms with Gasteiger partial charge in [-0.15, -0.1) is 0 Å². The van der Waals surface area contributed by atoms with E-state index in [0.717, 1.165) is 5.56 Å². The molecule has 2 rings (SSSR count). The summed E-state index contributed by atoms with van der Waals surface area (Å²) in [6, 6.07) is 9.86. The molecule has 0 aliphatic heterocycles. The maximum atomic E-state index is 5.79. The lowest BCUT2D eigenvalue weighted by molar-refractivity contribution is 1.05. The van der Waals surface area contributed by atoms with Gasteiger partial charge in [0.25, 0.3) is 0 Å². The Kier molecular flexibility index (Phi) is 2.59. The predicted octanol–water partition coefficient (Wildman–Crippen LogP) is 0.814. The molecule has 82 valence electrons. The van der Waals surface area contributed by atoms with E-state index in [-0.39, 0.29) is 11.8 Å². The lowest BCUT2D eigenvalue weighted by Gasteiger charge is -2.07. The van der Waals surface area contributed by atoms with Crippen molar-refractivity contribution in [3.05, 3.63) is 41.6 Å². The van der Waals surface area contributed by atoms with Gasteiger partial charge in [0.05, 0.1) is 11.4 Å². The Labute approximate surface area is 93.3 Å². The minimum absolute atomic E-state index is 0.151. The summed E-state index contributed by atoms with van der Waals surface area (Å²) in [5.41, 5.74) is 19.1. The summed E-state index contributed by atoms with van der Waals surface area (Å²) in [6.07, 6.45) is 0.601. The quantitative estimate of drug-likeness (QED) is 0.687. The second kappa shape index (κ2) is 4.06. The fourth-order valence-corrected chi connectivity index (χ4v) is 1.48. The molecule has 2 aromatic rings. The van der Waals surface area contributed by atoms with Gasteiger partial charge in [-0.3, -0.25) is 0 Å². The summed E-state index contributed by atoms with van der Waals surface area (Å²) in [4.78, 5) is 7.89. The first-order valence-electron chi connectivity index (χ1n) is 4.88. The van der Waals surface area contributed by atoms with Crippen molar-refractivity contribution in [2.75, 3.05) is 17.2 Å². The maximum Gasteiger partial charge on any atom is 0.222 e. The number of aromatic nitrogens is 2. The molecule has 6 N–H and O–H groups in total. The Morgan fingerprint density at radius 2 is 1.62 bits per heavy atom. The van der Waals surface area contributed by atoms with Crippen molar-refractivity contribution in [2.24, 2.45) is 0 Å². The highest BCUT2D eigenvalue weighted by Gasteiger charge is 2.08. The van der Waals surface area contributed by atoms with Gasteiger partial charge in [0.2, 0.25) is 5.95 Å². The van der Waals surface area contributed by atoms with Crippen LogP contribution in [0.2, 0.25) is 0 Å². The summed E-state index contributed by atoms with van der Waals surface area (Å²) in [6.45, 7) is 0. The van der Waals surface area contributed by atoms with Gasteiger partial charge in [0.1, 0.15) is 0 Å². The largest absolute Gasteiger partial charge is 0.394 e. The molecule has 0 fully saturated rings. The third-order valence-electron chi connectivity index (χ3n) is 2.29. The van der Waals surface area contributed by atoms with Gasteiger partial charge in [-0.1, -0.05) is 30.3 Å². The molecular weight excluding hydrogens is 202 g/mol. The van der Waals surface area contributed by atoms with E-state index in [4.69, 9.17) is 17.2 Å². The summed E-state index contributed by atoms with van der Waals surface area (Å²) >= 11 is 0. The molecule has 0 aliphatic rings. The van der Waals surface area contributed by atoms with Crippen molar-refractivity contribution in [3.8, 4) is 0 Å². The topological polar surface area (TPSA) is 104 Å². The highest BCUT2D eigenvalue weighted by Crippen LogP contribution is 2.19. The van der Waals surface area contributed by atoms with E-state index in [9.17, 15) is 0 Å². The first kappa shape index (κ1) is 10.2. The highest BCUT2D eigenvalue weighted by molar-refractivity contribution is 5.63. The Morgan fingerprint density at radius 3 is 2.31 bits per heavy atom. The van der Waals surface area contributed by atoms with Crippen LogP contribution in [-0.2, 0) is 6.42 Å². The number of rotatable bonds is 2. The van der Waals surface area contributed by atoms with Gasteiger partial charge in [-0.05, 0) is 5.56 Å². The van der Waals surface area contributed by atoms with Crippen LogP contribution in [0.4, 0.5) is 17.5 Å². The fraction of sp³-hybridized carbons (Fsp3) is 0.0909. The molecule has 0 bridgehead atoms. The summed E-state index contributed by atoms with van der Waals surface area (Å²) in [5, 5.41) is 0. The minimum atomic E-state index is 0.151. The lowest BCUT2D eigenvalue weighted by atomic mass is 10.1. The number of hydrogen-bond acceptors (Lipinski definition) is 5. The summed E-state index contributed by atoms with van der Waals surface area (Å²) in [7, 11) is 0. The molecule has 0 atom stereocenters. The minimum Gasteiger partial charge on any atom is -0.394 e. The number of anilines is 3. The molecule has 5 nitrogen and oxygen atoms in total. The van der Waals surface area contributed by atoms with Crippen LogP contribution in [0.15, 0.2) is 30.3 Å². The number of benzene rings is 1. The Bertz CT molecular complexity index is 495. The Morgan fingerprint density at radius 1 is 0.938 bits per heavy atom. The average Bonchev–Trinajstić information content (AvgIpc) is 2.27. The molecule has 1 aromatic carbocycles. The average molecular weight is 215 g/mol. The van der Waals surface area contributed by atoms with E-state index in [0.29, 0.717) is 17.8 Å². The van der Waals surface area contributed by atoms with E-state index in [1.54, 1.807) is 0 Å². The van der Waals surface area contributed by atoms with Crippen LogP contribution >= 0.6 is 0 Å². The van der Waals surface area contributed by atoms with E-state index in [2.05, 4.69) is 9.97 Å². The predicted molar refractivity (Wildman–Crippen MR) is 64.5 cm³/mol. The number of hydrogen-bond donors (Lipinski definition) is 3. The van der Waals surface area contributed by atoms with Crippen molar-refractivity contribution >= 4 is 17.5 Å². The van der Waals surface area contributed by atoms with Gasteiger partial charge in [-0.2, -0.15) is 4.98 Å². The molecule has 0 amide bonds. The molecule has 0 radical (unpaired) electrons. The zero-order valence-electron chi connectivity index (χ0n) is 8.72. The van der Waals surface area contributed by atoms with E-state index < -0.39 is 0 Å². The van der Waals surface area contributed by atoms with Gasteiger partial charge in [0.15, 0.2) is 5.82 Å². The molecule has 0 unspecified atom stereocenters. The molecular formula is C11H13N5. The van der Waals surface area contributed by atoms with Crippen LogP contribution in [-0.4, -0.2) is 9.97 Å². The number of nitrogens with two attached hydrogens (primary N) is 3. The van der Waals surface area contributed by atoms with Gasteiger partial charge in [-0.25, -0.2) is 4.98 Å². The van der Waals surface area contributed by atoms with E-state index in [1.807, 2.05) is 30.3 Å². The van der Waals surface area contributed by atoms with Crippen molar-refractivity contribution in [3.63, 3.8) is 0 Å². The second-order valence-corrected chi connectivity index (χ2v) is 3.49. The monoisotopic (exact) mass is 215 g/mol. The first-order valence-corrected chi connectivity index (χ1v) is 4.88. The standard InChI is InChI=1S/C11H13N5/c12-9-8(15-11(14)16-10(9)13)6-7-4-2-1-3-5-7/h1-5H,6,12H2,(H4,13,14,15,16). The van der Waals surface area contributed by atoms with Crippen molar-refractivity contribution in [1.29, 1.82) is 0 Å². The summed E-state index contributed by atoms with van der Waals surface area (Å²) < 4.78 is 0. The van der Waals surface area contributed by atoms with Crippen molar-refractivity contribution in [2.45, 2.75) is 6.42 Å². The summed E-state index contributed by atoms with van der Waals surface area (Å²) in [5.74, 6) is 0.385. The Hall–Kier alpha value is -2.30. The number of nitrogens with zero attached hydrogens (tertiary/aromatic N) is 2. The molecule has 0 spiro atoms. The third kappa shape index (κ3) is 2.03. The lowest BCUT2D eigenvalue weighted by Crippen LogP contribution is -2.09. The van der Waals surface area contributed by atoms with E-state index in [1.165, 1.54) is 0 Å². The second-order valence-electron chi connectivity index (χ2n) is 3.49. The van der Waals surface area contributed by atoms with Crippen LogP contribution in [0.5, 0.6) is 0 Å². The molecule has 16 heavy (non-hydrogen) atoms.